The number of benzene rings is 1. The van der Waals surface area contributed by atoms with Crippen LogP contribution in [-0.2, 0) is 13.6 Å². The molecule has 1 saturated carbocycles. The highest BCUT2D eigenvalue weighted by Gasteiger charge is 2.23. The van der Waals surface area contributed by atoms with Gasteiger partial charge in [0.2, 0.25) is 0 Å². The molecule has 1 amide bonds. The third kappa shape index (κ3) is 3.99. The fraction of sp³-hybridized carbons (Fsp3) is 0.429. The number of aromatic nitrogens is 4. The molecule has 140 valence electrons. The Balaban J connectivity index is 1.60. The molecule has 0 unspecified atom stereocenters. The molecule has 0 saturated heterocycles. The van der Waals surface area contributed by atoms with E-state index in [-0.39, 0.29) is 5.91 Å². The lowest BCUT2D eigenvalue weighted by atomic mass is 9.89. The Morgan fingerprint density at radius 1 is 1.07 bits per heavy atom. The number of carbonyl (C=O) groups excluding carboxylic acids is 1. The summed E-state index contributed by atoms with van der Waals surface area (Å²) in [6.07, 6.45) is 13.3. The van der Waals surface area contributed by atoms with Crippen LogP contribution in [0.5, 0.6) is 0 Å². The van der Waals surface area contributed by atoms with Gasteiger partial charge in [-0.25, -0.2) is 4.98 Å². The molecule has 6 heteroatoms. The number of fused-ring (bicyclic) bond motifs is 1. The Labute approximate surface area is 159 Å². The molecule has 1 aromatic carbocycles. The fourth-order valence-electron chi connectivity index (χ4n) is 3.90. The molecule has 0 aliphatic heterocycles. The van der Waals surface area contributed by atoms with Crippen molar-refractivity contribution in [3.05, 3.63) is 54.4 Å². The first-order chi connectivity index (χ1) is 13.2. The number of rotatable bonds is 5. The van der Waals surface area contributed by atoms with Crippen molar-refractivity contribution in [2.45, 2.75) is 38.6 Å². The van der Waals surface area contributed by atoms with Crippen molar-refractivity contribution < 1.29 is 4.79 Å². The normalized spacial score (nSPS) is 15.1. The first-order valence-electron chi connectivity index (χ1n) is 9.67. The summed E-state index contributed by atoms with van der Waals surface area (Å²) in [5.74, 6) is 1.51. The highest BCUT2D eigenvalue weighted by Crippen LogP contribution is 2.26. The van der Waals surface area contributed by atoms with Crippen LogP contribution in [0.2, 0.25) is 0 Å². The summed E-state index contributed by atoms with van der Waals surface area (Å²) < 4.78 is 1.98. The monoisotopic (exact) mass is 363 g/mol. The maximum atomic E-state index is 13.3. The topological polar surface area (TPSA) is 63.9 Å². The number of hydrogen-bond donors (Lipinski definition) is 0. The Kier molecular flexibility index (Phi) is 5.14. The molecule has 0 bridgehead atoms. The van der Waals surface area contributed by atoms with Gasteiger partial charge in [-0.05, 0) is 37.0 Å². The van der Waals surface area contributed by atoms with Crippen molar-refractivity contribution in [3.63, 3.8) is 0 Å². The molecule has 0 N–H and O–H groups in total. The highest BCUT2D eigenvalue weighted by atomic mass is 16.2. The summed E-state index contributed by atoms with van der Waals surface area (Å²) in [6, 6.07) is 5.57. The summed E-state index contributed by atoms with van der Waals surface area (Å²) in [7, 11) is 1.97. The van der Waals surface area contributed by atoms with Gasteiger partial charge in [0.15, 0.2) is 0 Å². The molecule has 0 radical (unpaired) electrons. The zero-order valence-electron chi connectivity index (χ0n) is 15.7. The van der Waals surface area contributed by atoms with Gasteiger partial charge in [-0.3, -0.25) is 14.8 Å². The number of carbonyl (C=O) groups is 1. The van der Waals surface area contributed by atoms with E-state index in [1.54, 1.807) is 18.6 Å². The van der Waals surface area contributed by atoms with E-state index >= 15 is 0 Å². The Morgan fingerprint density at radius 2 is 1.85 bits per heavy atom. The largest absolute Gasteiger partial charge is 0.337 e. The minimum absolute atomic E-state index is 0.0381. The molecule has 1 aliphatic carbocycles. The second-order valence-electron chi connectivity index (χ2n) is 7.40. The Morgan fingerprint density at radius 3 is 2.59 bits per heavy atom. The van der Waals surface area contributed by atoms with Gasteiger partial charge in [0, 0.05) is 43.9 Å². The van der Waals surface area contributed by atoms with E-state index in [2.05, 4.69) is 15.0 Å². The first-order valence-corrected chi connectivity index (χ1v) is 9.67. The zero-order chi connectivity index (χ0) is 18.6. The van der Waals surface area contributed by atoms with Crippen LogP contribution < -0.4 is 0 Å². The molecule has 0 spiro atoms. The van der Waals surface area contributed by atoms with Crippen LogP contribution in [0.3, 0.4) is 0 Å². The smallest absolute Gasteiger partial charge is 0.254 e. The predicted octanol–water partition coefficient (Wildman–Crippen LogP) is 3.59. The average molecular weight is 363 g/mol. The van der Waals surface area contributed by atoms with E-state index in [0.717, 1.165) is 23.4 Å². The van der Waals surface area contributed by atoms with E-state index in [9.17, 15) is 4.79 Å². The van der Waals surface area contributed by atoms with Crippen molar-refractivity contribution in [1.29, 1.82) is 0 Å². The highest BCUT2D eigenvalue weighted by molar-refractivity contribution is 5.97. The molecule has 4 rings (SSSR count). The molecule has 3 aromatic rings. The van der Waals surface area contributed by atoms with Crippen LogP contribution >= 0.6 is 0 Å². The minimum Gasteiger partial charge on any atom is -0.337 e. The Hall–Kier alpha value is -2.76. The lowest BCUT2D eigenvalue weighted by molar-refractivity contribution is 0.0692. The van der Waals surface area contributed by atoms with Crippen molar-refractivity contribution in [1.82, 2.24) is 24.4 Å². The van der Waals surface area contributed by atoms with Crippen molar-refractivity contribution in [2.75, 3.05) is 6.54 Å². The summed E-state index contributed by atoms with van der Waals surface area (Å²) in [4.78, 5) is 28.3. The van der Waals surface area contributed by atoms with Crippen LogP contribution in [-0.4, -0.2) is 36.9 Å². The Bertz CT molecular complexity index is 929. The summed E-state index contributed by atoms with van der Waals surface area (Å²) in [5.41, 5.74) is 2.21. The molecule has 0 atom stereocenters. The van der Waals surface area contributed by atoms with E-state index < -0.39 is 0 Å². The maximum Gasteiger partial charge on any atom is 0.254 e. The standard InChI is InChI=1S/C21H25N5O/c1-25-12-11-24-20(25)15-26(14-16-5-3-2-4-6-16)21(27)17-7-8-18-19(13-17)23-10-9-22-18/h7-13,16H,2-6,14-15H2,1H3. The van der Waals surface area contributed by atoms with E-state index in [0.29, 0.717) is 18.0 Å². The molecule has 6 nitrogen and oxygen atoms in total. The average Bonchev–Trinajstić information content (AvgIpc) is 3.12. The predicted molar refractivity (Wildman–Crippen MR) is 104 cm³/mol. The summed E-state index contributed by atoms with van der Waals surface area (Å²) >= 11 is 0. The molecule has 1 fully saturated rings. The van der Waals surface area contributed by atoms with Gasteiger partial charge in [0.05, 0.1) is 17.6 Å². The lowest BCUT2D eigenvalue weighted by Crippen LogP contribution is -2.36. The summed E-state index contributed by atoms with van der Waals surface area (Å²) in [6.45, 7) is 1.31. The third-order valence-corrected chi connectivity index (χ3v) is 5.46. The number of imidazole rings is 1. The van der Waals surface area contributed by atoms with Gasteiger partial charge in [-0.1, -0.05) is 19.3 Å². The summed E-state index contributed by atoms with van der Waals surface area (Å²) in [5, 5.41) is 0. The van der Waals surface area contributed by atoms with E-state index in [4.69, 9.17) is 0 Å². The van der Waals surface area contributed by atoms with E-state index in [1.807, 2.05) is 40.9 Å². The molecule has 2 aromatic heterocycles. The van der Waals surface area contributed by atoms with E-state index in [1.165, 1.54) is 32.1 Å². The SMILES string of the molecule is Cn1ccnc1CN(CC1CCCCC1)C(=O)c1ccc2nccnc2c1. The van der Waals surface area contributed by atoms with Crippen molar-refractivity contribution in [3.8, 4) is 0 Å². The first kappa shape index (κ1) is 17.6. The van der Waals surface area contributed by atoms with Crippen LogP contribution in [0.25, 0.3) is 11.0 Å². The van der Waals surface area contributed by atoms with Crippen molar-refractivity contribution in [2.24, 2.45) is 13.0 Å². The van der Waals surface area contributed by atoms with Gasteiger partial charge in [0.25, 0.3) is 5.91 Å². The number of nitrogens with zero attached hydrogens (tertiary/aromatic N) is 5. The second kappa shape index (κ2) is 7.86. The van der Waals surface area contributed by atoms with Crippen molar-refractivity contribution >= 4 is 16.9 Å². The maximum absolute atomic E-state index is 13.3. The molecule has 2 heterocycles. The molecular weight excluding hydrogens is 338 g/mol. The van der Waals surface area contributed by atoms with Crippen LogP contribution in [0, 0.1) is 5.92 Å². The van der Waals surface area contributed by atoms with Gasteiger partial charge in [-0.15, -0.1) is 0 Å². The zero-order valence-corrected chi connectivity index (χ0v) is 15.7. The van der Waals surface area contributed by atoms with Gasteiger partial charge in [-0.2, -0.15) is 0 Å². The fourth-order valence-corrected chi connectivity index (χ4v) is 3.90. The van der Waals surface area contributed by atoms with Gasteiger partial charge >= 0.3 is 0 Å². The molecular formula is C21H25N5O. The minimum atomic E-state index is 0.0381. The third-order valence-electron chi connectivity index (χ3n) is 5.46. The quantitative estimate of drug-likeness (QED) is 0.695. The lowest BCUT2D eigenvalue weighted by Gasteiger charge is -2.30. The van der Waals surface area contributed by atoms with Gasteiger partial charge in [0.1, 0.15) is 5.82 Å². The molecule has 27 heavy (non-hydrogen) atoms. The second-order valence-corrected chi connectivity index (χ2v) is 7.40. The van der Waals surface area contributed by atoms with Crippen LogP contribution in [0.4, 0.5) is 0 Å². The molecule has 1 aliphatic rings. The number of hydrogen-bond acceptors (Lipinski definition) is 4. The van der Waals surface area contributed by atoms with Crippen LogP contribution in [0.15, 0.2) is 43.0 Å². The number of aryl methyl sites for hydroxylation is 1. The van der Waals surface area contributed by atoms with Gasteiger partial charge < -0.3 is 9.47 Å². The number of amides is 1. The van der Waals surface area contributed by atoms with Crippen LogP contribution in [0.1, 0.15) is 48.3 Å².